The number of nitrogens with zero attached hydrogens (tertiary/aromatic N) is 1. The Morgan fingerprint density at radius 2 is 1.63 bits per heavy atom. The van der Waals surface area contributed by atoms with Crippen LogP contribution in [-0.4, -0.2) is 9.97 Å². The van der Waals surface area contributed by atoms with Crippen molar-refractivity contribution in [3.8, 4) is 11.3 Å². The van der Waals surface area contributed by atoms with Gasteiger partial charge in [-0.05, 0) is 12.1 Å². The van der Waals surface area contributed by atoms with Gasteiger partial charge in [-0.2, -0.15) is 26.3 Å². The molecular weight excluding hydrogens is 274 g/mol. The van der Waals surface area contributed by atoms with Crippen molar-refractivity contribution >= 4 is 0 Å². The Labute approximate surface area is 103 Å². The summed E-state index contributed by atoms with van der Waals surface area (Å²) in [6, 6.07) is 1.47. The molecule has 2 rings (SSSR count). The summed E-state index contributed by atoms with van der Waals surface area (Å²) in [7, 11) is 0. The van der Waals surface area contributed by atoms with Crippen LogP contribution in [0.4, 0.5) is 26.3 Å². The van der Waals surface area contributed by atoms with Crippen LogP contribution in [0.25, 0.3) is 11.3 Å². The molecule has 0 aliphatic carbocycles. The Kier molecular flexibility index (Phi) is 3.03. The van der Waals surface area contributed by atoms with Crippen molar-refractivity contribution in [3.05, 3.63) is 41.9 Å². The summed E-state index contributed by atoms with van der Waals surface area (Å²) in [4.78, 5) is 5.98. The van der Waals surface area contributed by atoms with E-state index in [2.05, 4.69) is 9.97 Å². The van der Waals surface area contributed by atoms with Crippen LogP contribution in [0.2, 0.25) is 0 Å². The number of aromatic nitrogens is 2. The van der Waals surface area contributed by atoms with Crippen LogP contribution >= 0.6 is 0 Å². The third kappa shape index (κ3) is 2.72. The molecule has 1 aromatic heterocycles. The molecule has 8 heteroatoms. The zero-order valence-electron chi connectivity index (χ0n) is 9.10. The molecule has 0 fully saturated rings. The highest BCUT2D eigenvalue weighted by Gasteiger charge is 2.38. The second-order valence-electron chi connectivity index (χ2n) is 3.72. The highest BCUT2D eigenvalue weighted by Crippen LogP contribution is 2.40. The van der Waals surface area contributed by atoms with E-state index >= 15 is 0 Å². The summed E-state index contributed by atoms with van der Waals surface area (Å²) in [6.07, 6.45) is -7.46. The first-order valence-electron chi connectivity index (χ1n) is 4.97. The predicted molar refractivity (Wildman–Crippen MR) is 54.0 cm³/mol. The number of hydrogen-bond donors (Lipinski definition) is 1. The third-order valence-electron chi connectivity index (χ3n) is 2.44. The minimum Gasteiger partial charge on any atom is -0.345 e. The smallest absolute Gasteiger partial charge is 0.345 e. The first kappa shape index (κ1) is 13.4. The molecule has 0 saturated carbocycles. The average Bonchev–Trinajstić information content (AvgIpc) is 2.79. The van der Waals surface area contributed by atoms with Crippen LogP contribution in [0.3, 0.4) is 0 Å². The summed E-state index contributed by atoms with van der Waals surface area (Å²) in [5.41, 5.74) is -3.08. The Balaban J connectivity index is 2.63. The topological polar surface area (TPSA) is 28.7 Å². The number of H-pyrrole nitrogens is 1. The van der Waals surface area contributed by atoms with E-state index in [0.29, 0.717) is 6.07 Å². The molecule has 0 aliphatic heterocycles. The van der Waals surface area contributed by atoms with Crippen molar-refractivity contribution in [1.29, 1.82) is 0 Å². The zero-order valence-corrected chi connectivity index (χ0v) is 9.10. The largest absolute Gasteiger partial charge is 0.417 e. The summed E-state index contributed by atoms with van der Waals surface area (Å²) in [5, 5.41) is 0. The molecular formula is C11H6F6N2. The van der Waals surface area contributed by atoms with Gasteiger partial charge >= 0.3 is 12.4 Å². The first-order chi connectivity index (χ1) is 8.69. The lowest BCUT2D eigenvalue weighted by Crippen LogP contribution is -2.12. The predicted octanol–water partition coefficient (Wildman–Crippen LogP) is 4.11. The maximum absolute atomic E-state index is 12.8. The quantitative estimate of drug-likeness (QED) is 0.782. The van der Waals surface area contributed by atoms with Gasteiger partial charge in [0.15, 0.2) is 0 Å². The Morgan fingerprint density at radius 1 is 0.947 bits per heavy atom. The molecule has 2 nitrogen and oxygen atoms in total. The standard InChI is InChI=1S/C11H6F6N2/c12-10(13,14)6-1-2-7(9-4-18-5-19-9)8(3-6)11(15,16)17/h1-5H,(H,18,19). The van der Waals surface area contributed by atoms with Crippen LogP contribution in [0, 0.1) is 0 Å². The zero-order chi connectivity index (χ0) is 14.3. The SMILES string of the molecule is FC(F)(F)c1ccc(-c2cnc[nH]2)c(C(F)(F)F)c1. The Morgan fingerprint density at radius 3 is 2.11 bits per heavy atom. The second kappa shape index (κ2) is 4.29. The molecule has 19 heavy (non-hydrogen) atoms. The minimum atomic E-state index is -4.89. The van der Waals surface area contributed by atoms with Gasteiger partial charge in [0.25, 0.3) is 0 Å². The van der Waals surface area contributed by atoms with Gasteiger partial charge in [0.1, 0.15) is 0 Å². The average molecular weight is 280 g/mol. The van der Waals surface area contributed by atoms with E-state index in [9.17, 15) is 26.3 Å². The highest BCUT2D eigenvalue weighted by molar-refractivity contribution is 5.64. The summed E-state index contributed by atoms with van der Waals surface area (Å²) < 4.78 is 75.7. The third-order valence-corrected chi connectivity index (χ3v) is 2.44. The van der Waals surface area contributed by atoms with Crippen LogP contribution in [-0.2, 0) is 12.4 Å². The summed E-state index contributed by atoms with van der Waals surface area (Å²) >= 11 is 0. The number of hydrogen-bond acceptors (Lipinski definition) is 1. The van der Waals surface area contributed by atoms with Crippen LogP contribution < -0.4 is 0 Å². The van der Waals surface area contributed by atoms with Crippen molar-refractivity contribution in [2.45, 2.75) is 12.4 Å². The van der Waals surface area contributed by atoms with Gasteiger partial charge in [-0.1, -0.05) is 6.07 Å². The lowest BCUT2D eigenvalue weighted by Gasteiger charge is -2.15. The van der Waals surface area contributed by atoms with E-state index in [4.69, 9.17) is 0 Å². The van der Waals surface area contributed by atoms with Gasteiger partial charge in [0, 0.05) is 5.56 Å². The van der Waals surface area contributed by atoms with Crippen LogP contribution in [0.1, 0.15) is 11.1 Å². The van der Waals surface area contributed by atoms with Gasteiger partial charge in [0.2, 0.25) is 0 Å². The van der Waals surface area contributed by atoms with Crippen molar-refractivity contribution in [2.75, 3.05) is 0 Å². The van der Waals surface area contributed by atoms with Crippen molar-refractivity contribution < 1.29 is 26.3 Å². The van der Waals surface area contributed by atoms with Crippen molar-refractivity contribution in [1.82, 2.24) is 9.97 Å². The summed E-state index contributed by atoms with van der Waals surface area (Å²) in [6.45, 7) is 0. The molecule has 1 aromatic carbocycles. The molecule has 0 atom stereocenters. The number of aromatic amines is 1. The molecule has 102 valence electrons. The molecule has 1 N–H and O–H groups in total. The van der Waals surface area contributed by atoms with Gasteiger partial charge in [0.05, 0.1) is 29.3 Å². The van der Waals surface area contributed by atoms with E-state index in [0.717, 1.165) is 18.6 Å². The molecule has 0 unspecified atom stereocenters. The number of benzene rings is 1. The van der Waals surface area contributed by atoms with Gasteiger partial charge < -0.3 is 4.98 Å². The van der Waals surface area contributed by atoms with Crippen LogP contribution in [0.15, 0.2) is 30.7 Å². The lowest BCUT2D eigenvalue weighted by atomic mass is 10.0. The monoisotopic (exact) mass is 280 g/mol. The highest BCUT2D eigenvalue weighted by atomic mass is 19.4. The van der Waals surface area contributed by atoms with Gasteiger partial charge in [-0.3, -0.25) is 0 Å². The molecule has 2 aromatic rings. The molecule has 0 amide bonds. The van der Waals surface area contributed by atoms with Crippen molar-refractivity contribution in [3.63, 3.8) is 0 Å². The van der Waals surface area contributed by atoms with E-state index in [1.54, 1.807) is 0 Å². The number of rotatable bonds is 1. The number of halogens is 6. The fraction of sp³-hybridized carbons (Fsp3) is 0.182. The normalized spacial score (nSPS) is 12.7. The molecule has 0 radical (unpaired) electrons. The molecule has 0 saturated heterocycles. The van der Waals surface area contributed by atoms with E-state index in [1.165, 1.54) is 0 Å². The fourth-order valence-corrected chi connectivity index (χ4v) is 1.59. The Bertz CT molecular complexity index is 568. The van der Waals surface area contributed by atoms with Gasteiger partial charge in [-0.25, -0.2) is 4.98 Å². The maximum atomic E-state index is 12.8. The van der Waals surface area contributed by atoms with E-state index < -0.39 is 23.5 Å². The lowest BCUT2D eigenvalue weighted by molar-refractivity contribution is -0.142. The fourth-order valence-electron chi connectivity index (χ4n) is 1.59. The molecule has 0 spiro atoms. The number of imidazole rings is 1. The minimum absolute atomic E-state index is 0.000972. The Hall–Kier alpha value is -1.99. The van der Waals surface area contributed by atoms with Crippen molar-refractivity contribution in [2.24, 2.45) is 0 Å². The van der Waals surface area contributed by atoms with E-state index in [1.807, 2.05) is 0 Å². The number of nitrogens with one attached hydrogen (secondary N) is 1. The molecule has 1 heterocycles. The summed E-state index contributed by atoms with van der Waals surface area (Å²) in [5.74, 6) is 0. The second-order valence-corrected chi connectivity index (χ2v) is 3.72. The molecule has 0 bridgehead atoms. The first-order valence-corrected chi connectivity index (χ1v) is 4.97. The number of alkyl halides is 6. The van der Waals surface area contributed by atoms with Crippen LogP contribution in [0.5, 0.6) is 0 Å². The maximum Gasteiger partial charge on any atom is 0.417 e. The van der Waals surface area contributed by atoms with Gasteiger partial charge in [-0.15, -0.1) is 0 Å². The van der Waals surface area contributed by atoms with E-state index in [-0.39, 0.29) is 17.3 Å². The molecule has 0 aliphatic rings.